The molecule has 0 bridgehead atoms. The minimum Gasteiger partial charge on any atom is -0.311 e. The van der Waals surface area contributed by atoms with E-state index in [0.29, 0.717) is 17.4 Å². The molecule has 1 N–H and O–H groups in total. The van der Waals surface area contributed by atoms with E-state index >= 15 is 0 Å². The highest BCUT2D eigenvalue weighted by Crippen LogP contribution is 2.23. The number of carbonyl (C=O) groups is 1. The van der Waals surface area contributed by atoms with Crippen LogP contribution in [0.15, 0.2) is 65.7 Å². The van der Waals surface area contributed by atoms with Gasteiger partial charge in [-0.15, -0.1) is 0 Å². The molecule has 0 radical (unpaired) electrons. The summed E-state index contributed by atoms with van der Waals surface area (Å²) in [6, 6.07) is 15.9. The Morgan fingerprint density at radius 1 is 1.03 bits per heavy atom. The summed E-state index contributed by atoms with van der Waals surface area (Å²) in [5.74, 6) is -0.153. The fourth-order valence-electron chi connectivity index (χ4n) is 3.04. The van der Waals surface area contributed by atoms with Gasteiger partial charge in [0.25, 0.3) is 0 Å². The van der Waals surface area contributed by atoms with Crippen molar-refractivity contribution in [1.82, 2.24) is 9.78 Å². The molecule has 3 aromatic rings. The van der Waals surface area contributed by atoms with Crippen LogP contribution in [0.5, 0.6) is 0 Å². The minimum atomic E-state index is -3.57. The SMILES string of the molecule is CC(C)(C)c1ccc(Cn2nccc2NC(=O)CCS(=O)(=O)c2ccc(Cl)cc2)cc1. The van der Waals surface area contributed by atoms with Gasteiger partial charge in [0, 0.05) is 17.5 Å². The van der Waals surface area contributed by atoms with Gasteiger partial charge in [0.2, 0.25) is 5.91 Å². The average molecular weight is 460 g/mol. The first kappa shape index (κ1) is 23.0. The van der Waals surface area contributed by atoms with Gasteiger partial charge in [-0.3, -0.25) is 4.79 Å². The number of aromatic nitrogens is 2. The van der Waals surface area contributed by atoms with E-state index in [9.17, 15) is 13.2 Å². The van der Waals surface area contributed by atoms with Crippen molar-refractivity contribution in [2.45, 2.75) is 44.0 Å². The second-order valence-corrected chi connectivity index (χ2v) is 10.9. The van der Waals surface area contributed by atoms with Gasteiger partial charge in [0.05, 0.1) is 23.4 Å². The molecule has 1 aromatic heterocycles. The second kappa shape index (κ2) is 9.24. The molecular formula is C23H26ClN3O3S. The molecule has 8 heteroatoms. The maximum Gasteiger partial charge on any atom is 0.226 e. The first-order valence-corrected chi connectivity index (χ1v) is 12.0. The Morgan fingerprint density at radius 3 is 2.29 bits per heavy atom. The number of hydrogen-bond donors (Lipinski definition) is 1. The molecule has 0 aliphatic rings. The van der Waals surface area contributed by atoms with Gasteiger partial charge in [0.15, 0.2) is 9.84 Å². The highest BCUT2D eigenvalue weighted by Gasteiger charge is 2.18. The normalized spacial score (nSPS) is 12.0. The Kier molecular flexibility index (Phi) is 6.86. The lowest BCUT2D eigenvalue weighted by Crippen LogP contribution is -2.19. The monoisotopic (exact) mass is 459 g/mol. The molecule has 0 spiro atoms. The fourth-order valence-corrected chi connectivity index (χ4v) is 4.41. The number of rotatable bonds is 7. The third-order valence-electron chi connectivity index (χ3n) is 4.91. The van der Waals surface area contributed by atoms with Gasteiger partial charge >= 0.3 is 0 Å². The van der Waals surface area contributed by atoms with Crippen LogP contribution in [0.1, 0.15) is 38.3 Å². The number of hydrogen-bond acceptors (Lipinski definition) is 4. The number of halogens is 1. The van der Waals surface area contributed by atoms with Crippen molar-refractivity contribution in [3.8, 4) is 0 Å². The van der Waals surface area contributed by atoms with Crippen LogP contribution in [-0.2, 0) is 26.6 Å². The van der Waals surface area contributed by atoms with E-state index in [2.05, 4.69) is 43.3 Å². The number of benzene rings is 2. The number of anilines is 1. The summed E-state index contributed by atoms with van der Waals surface area (Å²) >= 11 is 5.80. The third kappa shape index (κ3) is 6.18. The van der Waals surface area contributed by atoms with Crippen LogP contribution in [0.4, 0.5) is 5.82 Å². The lowest BCUT2D eigenvalue weighted by atomic mass is 9.87. The number of carbonyl (C=O) groups excluding carboxylic acids is 1. The lowest BCUT2D eigenvalue weighted by molar-refractivity contribution is -0.115. The van der Waals surface area contributed by atoms with E-state index in [0.717, 1.165) is 5.56 Å². The zero-order valence-corrected chi connectivity index (χ0v) is 19.4. The Hall–Kier alpha value is -2.64. The topological polar surface area (TPSA) is 81.1 Å². The van der Waals surface area contributed by atoms with Crippen molar-refractivity contribution in [2.75, 3.05) is 11.1 Å². The van der Waals surface area contributed by atoms with Crippen LogP contribution in [0.25, 0.3) is 0 Å². The second-order valence-electron chi connectivity index (χ2n) is 8.39. The van der Waals surface area contributed by atoms with E-state index in [1.165, 1.54) is 29.8 Å². The van der Waals surface area contributed by atoms with Crippen LogP contribution >= 0.6 is 11.6 Å². The Balaban J connectivity index is 1.60. The molecule has 1 heterocycles. The van der Waals surface area contributed by atoms with Gasteiger partial charge in [0.1, 0.15) is 5.82 Å². The summed E-state index contributed by atoms with van der Waals surface area (Å²) in [7, 11) is -3.57. The first-order valence-electron chi connectivity index (χ1n) is 9.94. The number of amides is 1. The van der Waals surface area contributed by atoms with Crippen LogP contribution < -0.4 is 5.32 Å². The van der Waals surface area contributed by atoms with Crippen LogP contribution in [0, 0.1) is 0 Å². The maximum absolute atomic E-state index is 12.4. The van der Waals surface area contributed by atoms with Crippen molar-refractivity contribution in [3.63, 3.8) is 0 Å². The van der Waals surface area contributed by atoms with E-state index < -0.39 is 9.84 Å². The van der Waals surface area contributed by atoms with Crippen molar-refractivity contribution in [3.05, 3.63) is 76.9 Å². The highest BCUT2D eigenvalue weighted by atomic mass is 35.5. The van der Waals surface area contributed by atoms with E-state index in [-0.39, 0.29) is 28.4 Å². The average Bonchev–Trinajstić information content (AvgIpc) is 3.13. The summed E-state index contributed by atoms with van der Waals surface area (Å²) in [4.78, 5) is 12.5. The van der Waals surface area contributed by atoms with Crippen molar-refractivity contribution in [1.29, 1.82) is 0 Å². The van der Waals surface area contributed by atoms with Gasteiger partial charge in [-0.05, 0) is 40.8 Å². The van der Waals surface area contributed by atoms with Crippen LogP contribution in [0.3, 0.4) is 0 Å². The predicted molar refractivity (Wildman–Crippen MR) is 123 cm³/mol. The maximum atomic E-state index is 12.4. The van der Waals surface area contributed by atoms with Gasteiger partial charge in [-0.2, -0.15) is 5.10 Å². The molecule has 6 nitrogen and oxygen atoms in total. The molecular weight excluding hydrogens is 434 g/mol. The molecule has 0 unspecified atom stereocenters. The fraction of sp³-hybridized carbons (Fsp3) is 0.304. The molecule has 0 atom stereocenters. The Morgan fingerprint density at radius 2 is 1.68 bits per heavy atom. The number of nitrogens with zero attached hydrogens (tertiary/aromatic N) is 2. The predicted octanol–water partition coefficient (Wildman–Crippen LogP) is 4.68. The summed E-state index contributed by atoms with van der Waals surface area (Å²) in [6.07, 6.45) is 1.44. The zero-order chi connectivity index (χ0) is 22.6. The Bertz CT molecular complexity index is 1150. The minimum absolute atomic E-state index is 0.0791. The molecule has 0 fully saturated rings. The molecule has 0 saturated heterocycles. The van der Waals surface area contributed by atoms with E-state index in [1.807, 2.05) is 12.1 Å². The molecule has 31 heavy (non-hydrogen) atoms. The van der Waals surface area contributed by atoms with Crippen LogP contribution in [0.2, 0.25) is 5.02 Å². The molecule has 0 aliphatic carbocycles. The van der Waals surface area contributed by atoms with Crippen LogP contribution in [-0.4, -0.2) is 29.9 Å². The summed E-state index contributed by atoms with van der Waals surface area (Å²) in [6.45, 7) is 6.99. The molecule has 0 aliphatic heterocycles. The number of sulfone groups is 1. The Labute approximate surface area is 188 Å². The lowest BCUT2D eigenvalue weighted by Gasteiger charge is -2.19. The largest absolute Gasteiger partial charge is 0.311 e. The quantitative estimate of drug-likeness (QED) is 0.556. The molecule has 1 amide bonds. The summed E-state index contributed by atoms with van der Waals surface area (Å²) in [5.41, 5.74) is 2.38. The molecule has 0 saturated carbocycles. The standard InChI is InChI=1S/C23H26ClN3O3S/c1-23(2,3)18-6-4-17(5-7-18)16-27-21(12-14-25-27)26-22(28)13-15-31(29,30)20-10-8-19(24)9-11-20/h4-12,14H,13,15-16H2,1-3H3,(H,26,28). The number of nitrogens with one attached hydrogen (secondary N) is 1. The van der Waals surface area contributed by atoms with Gasteiger partial charge in [-0.25, -0.2) is 13.1 Å². The van der Waals surface area contributed by atoms with Crippen molar-refractivity contribution >= 4 is 33.2 Å². The third-order valence-corrected chi connectivity index (χ3v) is 6.89. The van der Waals surface area contributed by atoms with Crippen molar-refractivity contribution < 1.29 is 13.2 Å². The highest BCUT2D eigenvalue weighted by molar-refractivity contribution is 7.91. The molecule has 2 aromatic carbocycles. The van der Waals surface area contributed by atoms with E-state index in [4.69, 9.17) is 11.6 Å². The first-order chi connectivity index (χ1) is 14.5. The summed E-state index contributed by atoms with van der Waals surface area (Å²) in [5, 5.41) is 7.48. The van der Waals surface area contributed by atoms with Gasteiger partial charge < -0.3 is 5.32 Å². The zero-order valence-electron chi connectivity index (χ0n) is 17.8. The smallest absolute Gasteiger partial charge is 0.226 e. The summed E-state index contributed by atoms with van der Waals surface area (Å²) < 4.78 is 26.5. The molecule has 3 rings (SSSR count). The molecule has 164 valence electrons. The van der Waals surface area contributed by atoms with E-state index in [1.54, 1.807) is 16.9 Å². The van der Waals surface area contributed by atoms with Gasteiger partial charge in [-0.1, -0.05) is 56.6 Å². The van der Waals surface area contributed by atoms with Crippen molar-refractivity contribution in [2.24, 2.45) is 0 Å².